The number of aromatic nitrogens is 2. The van der Waals surface area contributed by atoms with E-state index in [1.807, 2.05) is 0 Å². The predicted molar refractivity (Wildman–Crippen MR) is 79.6 cm³/mol. The fourth-order valence-corrected chi connectivity index (χ4v) is 1.89. The van der Waals surface area contributed by atoms with Gasteiger partial charge in [0.1, 0.15) is 6.04 Å². The average Bonchev–Trinajstić information content (AvgIpc) is 2.50. The summed E-state index contributed by atoms with van der Waals surface area (Å²) in [6.07, 6.45) is 0. The van der Waals surface area contributed by atoms with Crippen LogP contribution in [0.15, 0.2) is 35.1 Å². The Balaban J connectivity index is 2.25. The monoisotopic (exact) mass is 320 g/mol. The maximum absolute atomic E-state index is 13.3. The molecule has 1 atom stereocenters. The van der Waals surface area contributed by atoms with Crippen molar-refractivity contribution in [1.82, 2.24) is 9.78 Å². The minimum Gasteiger partial charge on any atom is -0.324 e. The van der Waals surface area contributed by atoms with Gasteiger partial charge in [0.15, 0.2) is 0 Å². The fourth-order valence-electron chi connectivity index (χ4n) is 1.89. The summed E-state index contributed by atoms with van der Waals surface area (Å²) in [5.41, 5.74) is -0.595. The molecule has 0 fully saturated rings. The molecule has 0 spiro atoms. The molecule has 0 saturated heterocycles. The van der Waals surface area contributed by atoms with E-state index >= 15 is 0 Å². The number of nitrogens with zero attached hydrogens (tertiary/aromatic N) is 3. The van der Waals surface area contributed by atoms with Gasteiger partial charge in [-0.15, -0.1) is 0 Å². The van der Waals surface area contributed by atoms with Gasteiger partial charge in [-0.3, -0.25) is 19.7 Å². The summed E-state index contributed by atoms with van der Waals surface area (Å²) in [6, 6.07) is 4.86. The average molecular weight is 320 g/mol. The number of benzene rings is 1. The Hall–Kier alpha value is -3.10. The largest absolute Gasteiger partial charge is 0.324 e. The molecule has 0 aliphatic carbocycles. The molecular weight excluding hydrogens is 307 g/mol. The Bertz CT molecular complexity index is 834. The number of carbonyl (C=O) groups is 1. The van der Waals surface area contributed by atoms with Crippen LogP contribution in [0.2, 0.25) is 0 Å². The zero-order valence-electron chi connectivity index (χ0n) is 12.3. The van der Waals surface area contributed by atoms with Crippen LogP contribution in [0, 0.1) is 22.9 Å². The van der Waals surface area contributed by atoms with Crippen LogP contribution in [0.25, 0.3) is 0 Å². The van der Waals surface area contributed by atoms with Crippen molar-refractivity contribution < 1.29 is 14.1 Å². The smallest absolute Gasteiger partial charge is 0.306 e. The topological polar surface area (TPSA) is 107 Å². The van der Waals surface area contributed by atoms with Gasteiger partial charge in [0.05, 0.1) is 10.6 Å². The van der Waals surface area contributed by atoms with Crippen molar-refractivity contribution in [2.24, 2.45) is 0 Å². The highest BCUT2D eigenvalue weighted by Gasteiger charge is 2.20. The Morgan fingerprint density at radius 2 is 2.09 bits per heavy atom. The molecule has 0 aliphatic rings. The zero-order chi connectivity index (χ0) is 17.1. The molecule has 120 valence electrons. The molecule has 0 radical (unpaired) electrons. The highest BCUT2D eigenvalue weighted by molar-refractivity contribution is 5.93. The molecule has 1 heterocycles. The van der Waals surface area contributed by atoms with E-state index in [1.54, 1.807) is 6.92 Å². The first-order valence-electron chi connectivity index (χ1n) is 6.61. The number of amides is 1. The van der Waals surface area contributed by atoms with E-state index in [0.717, 1.165) is 16.8 Å². The summed E-state index contributed by atoms with van der Waals surface area (Å²) >= 11 is 0. The molecule has 0 bridgehead atoms. The van der Waals surface area contributed by atoms with Crippen molar-refractivity contribution in [3.05, 3.63) is 62.3 Å². The van der Waals surface area contributed by atoms with Crippen molar-refractivity contribution in [3.63, 3.8) is 0 Å². The molecule has 2 aromatic rings. The molecule has 1 aromatic carbocycles. The molecule has 1 amide bonds. The zero-order valence-corrected chi connectivity index (χ0v) is 12.3. The molecule has 1 aromatic heterocycles. The second kappa shape index (κ2) is 6.34. The Kier molecular flexibility index (Phi) is 4.49. The van der Waals surface area contributed by atoms with E-state index in [2.05, 4.69) is 10.4 Å². The summed E-state index contributed by atoms with van der Waals surface area (Å²) in [7, 11) is 0. The minimum absolute atomic E-state index is 0.0515. The van der Waals surface area contributed by atoms with Gasteiger partial charge in [-0.2, -0.15) is 9.49 Å². The van der Waals surface area contributed by atoms with Gasteiger partial charge in [-0.1, -0.05) is 0 Å². The Labute approximate surface area is 129 Å². The molecule has 0 aliphatic heterocycles. The quantitative estimate of drug-likeness (QED) is 0.682. The lowest BCUT2D eigenvalue weighted by Crippen LogP contribution is -2.33. The molecular formula is C14H13FN4O4. The summed E-state index contributed by atoms with van der Waals surface area (Å²) in [6.45, 7) is 3.13. The summed E-state index contributed by atoms with van der Waals surface area (Å²) < 4.78 is 14.3. The van der Waals surface area contributed by atoms with Crippen LogP contribution < -0.4 is 10.9 Å². The van der Waals surface area contributed by atoms with Gasteiger partial charge in [0.2, 0.25) is 11.7 Å². The minimum atomic E-state index is -1.00. The Morgan fingerprint density at radius 1 is 1.39 bits per heavy atom. The van der Waals surface area contributed by atoms with E-state index in [0.29, 0.717) is 5.69 Å². The number of hydrogen-bond acceptors (Lipinski definition) is 5. The normalized spacial score (nSPS) is 11.8. The number of halogens is 1. The number of rotatable bonds is 4. The first-order chi connectivity index (χ1) is 10.8. The molecule has 0 saturated carbocycles. The van der Waals surface area contributed by atoms with Crippen LogP contribution in [0.1, 0.15) is 18.7 Å². The maximum atomic E-state index is 13.3. The number of nitro benzene ring substituents is 1. The number of nitrogens with one attached hydrogen (secondary N) is 1. The van der Waals surface area contributed by atoms with Crippen LogP contribution in [0.3, 0.4) is 0 Å². The van der Waals surface area contributed by atoms with Crippen LogP contribution in [-0.4, -0.2) is 20.6 Å². The molecule has 8 nitrogen and oxygen atoms in total. The number of carbonyl (C=O) groups excluding carboxylic acids is 1. The van der Waals surface area contributed by atoms with Gasteiger partial charge in [-0.25, -0.2) is 4.68 Å². The van der Waals surface area contributed by atoms with Gasteiger partial charge >= 0.3 is 5.69 Å². The Morgan fingerprint density at radius 3 is 2.74 bits per heavy atom. The summed E-state index contributed by atoms with van der Waals surface area (Å²) in [5, 5.41) is 17.1. The lowest BCUT2D eigenvalue weighted by molar-refractivity contribution is -0.387. The standard InChI is InChI=1S/C14H13FN4O4/c1-8-3-6-13(20)18(17-8)9(2)14(21)16-10-4-5-11(15)12(7-10)19(22)23/h3-7,9H,1-2H3,(H,16,21). The van der Waals surface area contributed by atoms with Gasteiger partial charge in [0, 0.05) is 17.8 Å². The highest BCUT2D eigenvalue weighted by Crippen LogP contribution is 2.22. The molecule has 2 rings (SSSR count). The first kappa shape index (κ1) is 16.3. The van der Waals surface area contributed by atoms with E-state index < -0.39 is 33.9 Å². The summed E-state index contributed by atoms with van der Waals surface area (Å²) in [4.78, 5) is 33.7. The number of anilines is 1. The fraction of sp³-hybridized carbons (Fsp3) is 0.214. The third kappa shape index (κ3) is 3.57. The SMILES string of the molecule is Cc1ccc(=O)n(C(C)C(=O)Nc2ccc(F)c([N+](=O)[O-])c2)n1. The molecule has 1 N–H and O–H groups in total. The lowest BCUT2D eigenvalue weighted by atomic mass is 10.2. The van der Waals surface area contributed by atoms with Crippen LogP contribution in [-0.2, 0) is 4.79 Å². The van der Waals surface area contributed by atoms with E-state index in [1.165, 1.54) is 25.1 Å². The molecule has 9 heteroatoms. The van der Waals surface area contributed by atoms with E-state index in [-0.39, 0.29) is 5.69 Å². The van der Waals surface area contributed by atoms with Gasteiger partial charge in [0.25, 0.3) is 5.56 Å². The lowest BCUT2D eigenvalue weighted by Gasteiger charge is -2.14. The highest BCUT2D eigenvalue weighted by atomic mass is 19.1. The third-order valence-corrected chi connectivity index (χ3v) is 3.12. The maximum Gasteiger partial charge on any atom is 0.306 e. The van der Waals surface area contributed by atoms with Crippen LogP contribution in [0.5, 0.6) is 0 Å². The van der Waals surface area contributed by atoms with Gasteiger partial charge in [-0.05, 0) is 32.0 Å². The third-order valence-electron chi connectivity index (χ3n) is 3.12. The summed E-state index contributed by atoms with van der Waals surface area (Å²) in [5.74, 6) is -1.61. The first-order valence-corrected chi connectivity index (χ1v) is 6.61. The number of hydrogen-bond donors (Lipinski definition) is 1. The van der Waals surface area contributed by atoms with E-state index in [9.17, 15) is 24.1 Å². The van der Waals surface area contributed by atoms with Crippen molar-refractivity contribution >= 4 is 17.3 Å². The van der Waals surface area contributed by atoms with Crippen LogP contribution in [0.4, 0.5) is 15.8 Å². The molecule has 23 heavy (non-hydrogen) atoms. The molecule has 1 unspecified atom stereocenters. The number of aryl methyl sites for hydroxylation is 1. The predicted octanol–water partition coefficient (Wildman–Crippen LogP) is 1.80. The van der Waals surface area contributed by atoms with E-state index in [4.69, 9.17) is 0 Å². The van der Waals surface area contributed by atoms with Crippen molar-refractivity contribution in [3.8, 4) is 0 Å². The second-order valence-corrected chi connectivity index (χ2v) is 4.85. The van der Waals surface area contributed by atoms with Crippen LogP contribution >= 0.6 is 0 Å². The van der Waals surface area contributed by atoms with Crippen molar-refractivity contribution in [2.45, 2.75) is 19.9 Å². The second-order valence-electron chi connectivity index (χ2n) is 4.85. The van der Waals surface area contributed by atoms with Crippen molar-refractivity contribution in [2.75, 3.05) is 5.32 Å². The number of nitro groups is 1. The van der Waals surface area contributed by atoms with Gasteiger partial charge < -0.3 is 5.32 Å². The van der Waals surface area contributed by atoms with Crippen molar-refractivity contribution in [1.29, 1.82) is 0 Å².